The van der Waals surface area contributed by atoms with Crippen molar-refractivity contribution in [2.24, 2.45) is 5.73 Å². The summed E-state index contributed by atoms with van der Waals surface area (Å²) in [5, 5.41) is 0. The molecule has 0 amide bonds. The summed E-state index contributed by atoms with van der Waals surface area (Å²) in [6, 6.07) is 10.4. The molecular weight excluding hydrogens is 270 g/mol. The van der Waals surface area contributed by atoms with Crippen LogP contribution in [0.2, 0.25) is 0 Å². The van der Waals surface area contributed by atoms with E-state index in [1.165, 1.54) is 5.69 Å². The first-order chi connectivity index (χ1) is 9.65. The number of nitrogens with two attached hydrogens (primary N) is 1. The molecule has 20 heavy (non-hydrogen) atoms. The van der Waals surface area contributed by atoms with E-state index < -0.39 is 0 Å². The lowest BCUT2D eigenvalue weighted by atomic mass is 10.2. The second-order valence-electron chi connectivity index (χ2n) is 5.25. The highest BCUT2D eigenvalue weighted by molar-refractivity contribution is 7.80. The van der Waals surface area contributed by atoms with Crippen LogP contribution in [0.5, 0.6) is 0 Å². The number of rotatable bonds is 6. The Kier molecular flexibility index (Phi) is 5.76. The standard InChI is InChI=1S/C15H23N3OS/c1-17-9-10-19-14(11-17)12-18(8-7-15(16)20)13-5-3-2-4-6-13/h2-6,14H,7-12H2,1H3,(H2,16,20). The lowest BCUT2D eigenvalue weighted by Gasteiger charge is -2.35. The maximum absolute atomic E-state index is 5.86. The lowest BCUT2D eigenvalue weighted by Crippen LogP contribution is -2.46. The number of benzene rings is 1. The van der Waals surface area contributed by atoms with Crippen molar-refractivity contribution in [2.45, 2.75) is 12.5 Å². The second-order valence-corrected chi connectivity index (χ2v) is 5.78. The number of ether oxygens (including phenoxy) is 1. The molecule has 1 saturated heterocycles. The summed E-state index contributed by atoms with van der Waals surface area (Å²) < 4.78 is 5.86. The molecule has 0 radical (unpaired) electrons. The molecule has 1 aromatic rings. The molecule has 2 N–H and O–H groups in total. The molecule has 5 heteroatoms. The van der Waals surface area contributed by atoms with Crippen molar-refractivity contribution in [1.82, 2.24) is 4.90 Å². The van der Waals surface area contributed by atoms with Gasteiger partial charge in [-0.25, -0.2) is 0 Å². The van der Waals surface area contributed by atoms with E-state index in [0.29, 0.717) is 4.99 Å². The highest BCUT2D eigenvalue weighted by Crippen LogP contribution is 2.16. The molecule has 1 unspecified atom stereocenters. The van der Waals surface area contributed by atoms with Crippen molar-refractivity contribution in [3.8, 4) is 0 Å². The first kappa shape index (κ1) is 15.2. The fourth-order valence-electron chi connectivity index (χ4n) is 2.43. The number of nitrogens with zero attached hydrogens (tertiary/aromatic N) is 2. The van der Waals surface area contributed by atoms with Crippen molar-refractivity contribution in [1.29, 1.82) is 0 Å². The highest BCUT2D eigenvalue weighted by atomic mass is 32.1. The van der Waals surface area contributed by atoms with Crippen molar-refractivity contribution in [3.63, 3.8) is 0 Å². The topological polar surface area (TPSA) is 41.7 Å². The van der Waals surface area contributed by atoms with Gasteiger partial charge in [0.15, 0.2) is 0 Å². The van der Waals surface area contributed by atoms with E-state index in [1.54, 1.807) is 0 Å². The van der Waals surface area contributed by atoms with Gasteiger partial charge in [0.05, 0.1) is 17.7 Å². The Morgan fingerprint density at radius 1 is 1.45 bits per heavy atom. The molecule has 4 nitrogen and oxygen atoms in total. The SMILES string of the molecule is CN1CCOC(CN(CCC(N)=S)c2ccccc2)C1. The van der Waals surface area contributed by atoms with Crippen LogP contribution in [0.4, 0.5) is 5.69 Å². The fourth-order valence-corrected chi connectivity index (χ4v) is 2.52. The van der Waals surface area contributed by atoms with Gasteiger partial charge in [0.25, 0.3) is 0 Å². The van der Waals surface area contributed by atoms with Gasteiger partial charge >= 0.3 is 0 Å². The van der Waals surface area contributed by atoms with Crippen LogP contribution < -0.4 is 10.6 Å². The third kappa shape index (κ3) is 4.74. The summed E-state index contributed by atoms with van der Waals surface area (Å²) >= 11 is 5.00. The molecule has 0 aromatic heterocycles. The Hall–Kier alpha value is -1.17. The molecule has 110 valence electrons. The van der Waals surface area contributed by atoms with Gasteiger partial charge in [0.1, 0.15) is 0 Å². The van der Waals surface area contributed by atoms with Crippen molar-refractivity contribution in [2.75, 3.05) is 44.7 Å². The Labute approximate surface area is 126 Å². The molecule has 1 aromatic carbocycles. The zero-order chi connectivity index (χ0) is 14.4. The van der Waals surface area contributed by atoms with Crippen LogP contribution in [-0.2, 0) is 4.74 Å². The van der Waals surface area contributed by atoms with Gasteiger partial charge in [-0.2, -0.15) is 0 Å². The predicted octanol–water partition coefficient (Wildman–Crippen LogP) is 1.50. The molecule has 1 fully saturated rings. The molecule has 1 aliphatic rings. The van der Waals surface area contributed by atoms with E-state index in [1.807, 2.05) is 6.07 Å². The first-order valence-electron chi connectivity index (χ1n) is 7.03. The molecule has 0 saturated carbocycles. The largest absolute Gasteiger partial charge is 0.393 e. The first-order valence-corrected chi connectivity index (χ1v) is 7.44. The Bertz CT molecular complexity index is 426. The average Bonchev–Trinajstić information content (AvgIpc) is 2.44. The Morgan fingerprint density at radius 2 is 2.20 bits per heavy atom. The van der Waals surface area contributed by atoms with E-state index in [9.17, 15) is 0 Å². The van der Waals surface area contributed by atoms with Crippen LogP contribution >= 0.6 is 12.2 Å². The van der Waals surface area contributed by atoms with E-state index in [0.717, 1.165) is 39.2 Å². The van der Waals surface area contributed by atoms with Gasteiger partial charge in [-0.3, -0.25) is 0 Å². The summed E-state index contributed by atoms with van der Waals surface area (Å²) in [6.07, 6.45) is 0.965. The van der Waals surface area contributed by atoms with Gasteiger partial charge in [0.2, 0.25) is 0 Å². The van der Waals surface area contributed by atoms with Gasteiger partial charge in [-0.1, -0.05) is 30.4 Å². The lowest BCUT2D eigenvalue weighted by molar-refractivity contribution is -0.0147. The Balaban J connectivity index is 2.00. The summed E-state index contributed by atoms with van der Waals surface area (Å²) in [4.78, 5) is 5.18. The van der Waals surface area contributed by atoms with Crippen molar-refractivity contribution in [3.05, 3.63) is 30.3 Å². The zero-order valence-corrected chi connectivity index (χ0v) is 12.8. The third-order valence-electron chi connectivity index (χ3n) is 3.52. The number of likely N-dealkylation sites (N-methyl/N-ethyl adjacent to an activating group) is 1. The maximum Gasteiger partial charge on any atom is 0.0876 e. The molecular formula is C15H23N3OS. The molecule has 2 rings (SSSR count). The minimum absolute atomic E-state index is 0.236. The average molecular weight is 293 g/mol. The second kappa shape index (κ2) is 7.57. The molecule has 0 bridgehead atoms. The summed E-state index contributed by atoms with van der Waals surface area (Å²) in [6.45, 7) is 4.49. The summed E-state index contributed by atoms with van der Waals surface area (Å²) in [7, 11) is 2.14. The minimum atomic E-state index is 0.236. The smallest absolute Gasteiger partial charge is 0.0876 e. The van der Waals surface area contributed by atoms with Crippen LogP contribution in [0.1, 0.15) is 6.42 Å². The highest BCUT2D eigenvalue weighted by Gasteiger charge is 2.20. The number of anilines is 1. The van der Waals surface area contributed by atoms with Gasteiger partial charge in [-0.05, 0) is 19.2 Å². The Morgan fingerprint density at radius 3 is 2.85 bits per heavy atom. The van der Waals surface area contributed by atoms with E-state index in [2.05, 4.69) is 41.1 Å². The number of hydrogen-bond acceptors (Lipinski definition) is 4. The summed E-state index contributed by atoms with van der Waals surface area (Å²) in [5.41, 5.74) is 6.83. The van der Waals surface area contributed by atoms with Gasteiger partial charge in [0, 0.05) is 38.3 Å². The number of hydrogen-bond donors (Lipinski definition) is 1. The van der Waals surface area contributed by atoms with Crippen molar-refractivity contribution >= 4 is 22.9 Å². The van der Waals surface area contributed by atoms with E-state index in [4.69, 9.17) is 22.7 Å². The minimum Gasteiger partial charge on any atom is -0.393 e. The quantitative estimate of drug-likeness (QED) is 0.805. The van der Waals surface area contributed by atoms with Crippen LogP contribution in [0.25, 0.3) is 0 Å². The number of morpholine rings is 1. The van der Waals surface area contributed by atoms with Crippen LogP contribution in [0, 0.1) is 0 Å². The zero-order valence-electron chi connectivity index (χ0n) is 12.0. The number of thiocarbonyl (C=S) groups is 1. The molecule has 1 atom stereocenters. The molecule has 0 aliphatic carbocycles. The molecule has 1 aliphatic heterocycles. The van der Waals surface area contributed by atoms with Crippen molar-refractivity contribution < 1.29 is 4.74 Å². The van der Waals surface area contributed by atoms with E-state index in [-0.39, 0.29) is 6.10 Å². The normalized spacial score (nSPS) is 19.8. The predicted molar refractivity (Wildman–Crippen MR) is 87.3 cm³/mol. The van der Waals surface area contributed by atoms with Crippen LogP contribution in [-0.4, -0.2) is 55.8 Å². The monoisotopic (exact) mass is 293 g/mol. The number of para-hydroxylation sites is 1. The van der Waals surface area contributed by atoms with Crippen LogP contribution in [0.3, 0.4) is 0 Å². The van der Waals surface area contributed by atoms with E-state index >= 15 is 0 Å². The molecule has 0 spiro atoms. The maximum atomic E-state index is 5.86. The van der Waals surface area contributed by atoms with Crippen LogP contribution in [0.15, 0.2) is 30.3 Å². The third-order valence-corrected chi connectivity index (χ3v) is 3.72. The van der Waals surface area contributed by atoms with Gasteiger partial charge < -0.3 is 20.3 Å². The summed E-state index contributed by atoms with van der Waals surface area (Å²) in [5.74, 6) is 0. The molecule has 1 heterocycles. The van der Waals surface area contributed by atoms with Gasteiger partial charge in [-0.15, -0.1) is 0 Å². The fraction of sp³-hybridized carbons (Fsp3) is 0.533.